The predicted octanol–water partition coefficient (Wildman–Crippen LogP) is 2.03. The Kier molecular flexibility index (Phi) is 3.57. The van der Waals surface area contributed by atoms with Gasteiger partial charge in [0.2, 0.25) is 0 Å². The minimum Gasteiger partial charge on any atom is -0.382 e. The molecule has 2 atom stereocenters. The van der Waals surface area contributed by atoms with Crippen LogP contribution in [0.15, 0.2) is 0 Å². The number of ether oxygens (including phenoxy) is 1. The van der Waals surface area contributed by atoms with Gasteiger partial charge in [0.05, 0.1) is 6.10 Å². The van der Waals surface area contributed by atoms with Gasteiger partial charge in [-0.1, -0.05) is 20.8 Å². The Morgan fingerprint density at radius 3 is 2.00 bits per heavy atom. The van der Waals surface area contributed by atoms with Crippen molar-refractivity contribution < 1.29 is 4.74 Å². The van der Waals surface area contributed by atoms with E-state index in [1.807, 2.05) is 0 Å². The Bertz CT molecular complexity index is 195. The summed E-state index contributed by atoms with van der Waals surface area (Å²) in [7, 11) is 5.94. The number of hydrogen-bond acceptors (Lipinski definition) is 2. The maximum absolute atomic E-state index is 5.94. The van der Waals surface area contributed by atoms with E-state index in [-0.39, 0.29) is 23.1 Å². The van der Waals surface area contributed by atoms with Gasteiger partial charge in [0.15, 0.2) is 0 Å². The van der Waals surface area contributed by atoms with Gasteiger partial charge in [0.25, 0.3) is 0 Å². The lowest BCUT2D eigenvalue weighted by molar-refractivity contribution is -0.116. The van der Waals surface area contributed by atoms with Gasteiger partial charge in [-0.05, 0) is 26.2 Å². The summed E-state index contributed by atoms with van der Waals surface area (Å²) in [4.78, 5) is 2.41. The van der Waals surface area contributed by atoms with Gasteiger partial charge in [-0.15, -0.1) is 0 Å². The summed E-state index contributed by atoms with van der Waals surface area (Å²) in [5.74, 6) is 0. The molecular weight excluding hydrogens is 185 g/mol. The first-order valence-corrected chi connectivity index (χ1v) is 5.77. The van der Waals surface area contributed by atoms with Crippen LogP contribution in [-0.4, -0.2) is 43.5 Å². The third-order valence-corrected chi connectivity index (χ3v) is 3.04. The third-order valence-electron chi connectivity index (χ3n) is 3.04. The molecular formula is C12H24BNO. The van der Waals surface area contributed by atoms with Gasteiger partial charge < -0.3 is 4.74 Å². The van der Waals surface area contributed by atoms with Crippen LogP contribution >= 0.6 is 0 Å². The summed E-state index contributed by atoms with van der Waals surface area (Å²) in [5, 5.41) is 0. The smallest absolute Gasteiger partial charge is 0.110 e. The minimum atomic E-state index is -0.151. The number of morpholine rings is 1. The highest BCUT2D eigenvalue weighted by Crippen LogP contribution is 2.29. The van der Waals surface area contributed by atoms with E-state index in [1.165, 1.54) is 0 Å². The molecule has 0 spiro atoms. The monoisotopic (exact) mass is 209 g/mol. The second-order valence-electron chi connectivity index (χ2n) is 6.61. The fourth-order valence-corrected chi connectivity index (χ4v) is 1.81. The van der Waals surface area contributed by atoms with E-state index in [9.17, 15) is 0 Å². The molecule has 1 aliphatic heterocycles. The van der Waals surface area contributed by atoms with E-state index in [0.717, 1.165) is 13.1 Å². The van der Waals surface area contributed by atoms with E-state index < -0.39 is 0 Å². The molecule has 0 saturated carbocycles. The molecule has 1 aliphatic rings. The lowest BCUT2D eigenvalue weighted by Crippen LogP contribution is -2.57. The molecule has 1 heterocycles. The number of nitrogens with zero attached hydrogens (tertiary/aromatic N) is 1. The summed E-state index contributed by atoms with van der Waals surface area (Å²) >= 11 is 0. The normalized spacial score (nSPS) is 30.5. The summed E-state index contributed by atoms with van der Waals surface area (Å²) < 4.78 is 5.81. The molecule has 2 radical (unpaired) electrons. The molecule has 0 aromatic heterocycles. The molecule has 3 heteroatoms. The second kappa shape index (κ2) is 4.10. The molecule has 0 aromatic rings. The molecule has 2 unspecified atom stereocenters. The lowest BCUT2D eigenvalue weighted by Gasteiger charge is -2.48. The highest BCUT2D eigenvalue weighted by molar-refractivity contribution is 6.11. The number of rotatable bonds is 0. The van der Waals surface area contributed by atoms with Crippen LogP contribution in [0.3, 0.4) is 0 Å². The largest absolute Gasteiger partial charge is 0.382 e. The van der Waals surface area contributed by atoms with Crippen LogP contribution in [0.5, 0.6) is 0 Å². The maximum Gasteiger partial charge on any atom is 0.110 e. The molecule has 0 bridgehead atoms. The Labute approximate surface area is 95.8 Å². The molecule has 1 rings (SSSR count). The van der Waals surface area contributed by atoms with Crippen molar-refractivity contribution in [2.45, 2.75) is 59.2 Å². The third kappa shape index (κ3) is 3.49. The Morgan fingerprint density at radius 1 is 1.07 bits per heavy atom. The maximum atomic E-state index is 5.94. The van der Waals surface area contributed by atoms with Crippen LogP contribution in [0.25, 0.3) is 0 Å². The van der Waals surface area contributed by atoms with Gasteiger partial charge >= 0.3 is 0 Å². The Balaban J connectivity index is 2.73. The lowest BCUT2D eigenvalue weighted by atomic mass is 9.84. The first-order chi connectivity index (χ1) is 6.60. The summed E-state index contributed by atoms with van der Waals surface area (Å²) in [6.45, 7) is 15.1. The molecule has 2 nitrogen and oxygen atoms in total. The average Bonchev–Trinajstić information content (AvgIpc) is 1.99. The highest BCUT2D eigenvalue weighted by Gasteiger charge is 2.36. The minimum absolute atomic E-state index is 0.151. The van der Waals surface area contributed by atoms with Crippen LogP contribution in [0, 0.1) is 5.41 Å². The Hall–Kier alpha value is -0.0151. The zero-order valence-corrected chi connectivity index (χ0v) is 11.0. The standard InChI is InChI=1S/C12H24BNO/c1-11(2,3)9-7-14(12(4,5)6)8-10(13)15-9/h9-10H,7-8H2,1-6H3. The van der Waals surface area contributed by atoms with E-state index in [0.29, 0.717) is 0 Å². The van der Waals surface area contributed by atoms with Crippen molar-refractivity contribution in [3.8, 4) is 0 Å². The SMILES string of the molecule is [B]C1CN(C(C)(C)C)CC(C(C)(C)C)O1. The fraction of sp³-hybridized carbons (Fsp3) is 1.00. The fourth-order valence-electron chi connectivity index (χ4n) is 1.81. The van der Waals surface area contributed by atoms with Crippen molar-refractivity contribution in [1.29, 1.82) is 0 Å². The van der Waals surface area contributed by atoms with Crippen LogP contribution in [-0.2, 0) is 4.74 Å². The van der Waals surface area contributed by atoms with Crippen LogP contribution in [0.2, 0.25) is 0 Å². The van der Waals surface area contributed by atoms with Gasteiger partial charge in [-0.3, -0.25) is 4.90 Å². The van der Waals surface area contributed by atoms with Gasteiger partial charge in [-0.2, -0.15) is 0 Å². The van der Waals surface area contributed by atoms with Crippen molar-refractivity contribution in [2.24, 2.45) is 5.41 Å². The molecule has 1 saturated heterocycles. The number of hydrogen-bond donors (Lipinski definition) is 0. The molecule has 86 valence electrons. The quantitative estimate of drug-likeness (QED) is 0.566. The molecule has 0 amide bonds. The van der Waals surface area contributed by atoms with Crippen LogP contribution < -0.4 is 0 Å². The van der Waals surface area contributed by atoms with Crippen LogP contribution in [0.1, 0.15) is 41.5 Å². The van der Waals surface area contributed by atoms with Gasteiger partial charge in [0, 0.05) is 24.6 Å². The second-order valence-corrected chi connectivity index (χ2v) is 6.61. The van der Waals surface area contributed by atoms with Crippen molar-refractivity contribution >= 4 is 7.85 Å². The summed E-state index contributed by atoms with van der Waals surface area (Å²) in [5.41, 5.74) is 0.326. The Morgan fingerprint density at radius 2 is 1.60 bits per heavy atom. The zero-order valence-electron chi connectivity index (χ0n) is 11.0. The summed E-state index contributed by atoms with van der Waals surface area (Å²) in [6.07, 6.45) is 0.223. The van der Waals surface area contributed by atoms with E-state index >= 15 is 0 Å². The van der Waals surface area contributed by atoms with Crippen LogP contribution in [0.4, 0.5) is 0 Å². The molecule has 15 heavy (non-hydrogen) atoms. The van der Waals surface area contributed by atoms with Crippen molar-refractivity contribution in [1.82, 2.24) is 4.90 Å². The van der Waals surface area contributed by atoms with E-state index in [1.54, 1.807) is 0 Å². The molecule has 0 aromatic carbocycles. The average molecular weight is 209 g/mol. The van der Waals surface area contributed by atoms with Crippen molar-refractivity contribution in [3.63, 3.8) is 0 Å². The predicted molar refractivity (Wildman–Crippen MR) is 65.2 cm³/mol. The zero-order chi connectivity index (χ0) is 11.9. The van der Waals surface area contributed by atoms with Crippen molar-refractivity contribution in [2.75, 3.05) is 13.1 Å². The topological polar surface area (TPSA) is 12.5 Å². The highest BCUT2D eigenvalue weighted by atomic mass is 16.5. The first-order valence-electron chi connectivity index (χ1n) is 5.77. The van der Waals surface area contributed by atoms with Gasteiger partial charge in [-0.25, -0.2) is 0 Å². The van der Waals surface area contributed by atoms with E-state index in [2.05, 4.69) is 46.4 Å². The summed E-state index contributed by atoms with van der Waals surface area (Å²) in [6, 6.07) is -0.151. The molecule has 0 aliphatic carbocycles. The molecule has 0 N–H and O–H groups in total. The molecule has 1 fully saturated rings. The van der Waals surface area contributed by atoms with E-state index in [4.69, 9.17) is 12.6 Å². The van der Waals surface area contributed by atoms with Gasteiger partial charge in [0.1, 0.15) is 7.85 Å². The van der Waals surface area contributed by atoms with Crippen molar-refractivity contribution in [3.05, 3.63) is 0 Å². The first kappa shape index (κ1) is 13.1.